The Hall–Kier alpha value is -2.43. The number of aromatic nitrogens is 4. The number of carbonyl (C=O) groups excluding carboxylic acids is 1. The van der Waals surface area contributed by atoms with Crippen LogP contribution < -0.4 is 10.2 Å². The third-order valence-electron chi connectivity index (χ3n) is 5.38. The zero-order valence-electron chi connectivity index (χ0n) is 17.4. The molecule has 1 saturated heterocycles. The van der Waals surface area contributed by atoms with E-state index in [0.29, 0.717) is 24.6 Å². The number of thioether (sulfide) groups is 1. The Bertz CT molecular complexity index is 909. The van der Waals surface area contributed by atoms with Crippen molar-refractivity contribution in [2.45, 2.75) is 44.6 Å². The first-order valence-electron chi connectivity index (χ1n) is 10.5. The number of hydrogen-bond acceptors (Lipinski definition) is 8. The molecule has 0 atom stereocenters. The van der Waals surface area contributed by atoms with E-state index in [1.807, 2.05) is 17.8 Å². The Labute approximate surface area is 183 Å². The van der Waals surface area contributed by atoms with Gasteiger partial charge in [0.2, 0.25) is 5.92 Å². The van der Waals surface area contributed by atoms with Crippen molar-refractivity contribution in [2.24, 2.45) is 0 Å². The minimum Gasteiger partial charge on any atom is -0.461 e. The monoisotopic (exact) mass is 452 g/mol. The maximum Gasteiger partial charge on any atom is 0.358 e. The summed E-state index contributed by atoms with van der Waals surface area (Å²) in [5.74, 6) is 0.568. The molecule has 2 aromatic heterocycles. The minimum atomic E-state index is -2.58. The average Bonchev–Trinajstić information content (AvgIpc) is 3.26. The van der Waals surface area contributed by atoms with E-state index in [1.165, 1.54) is 4.68 Å². The van der Waals surface area contributed by atoms with E-state index in [-0.39, 0.29) is 31.2 Å². The predicted molar refractivity (Wildman–Crippen MR) is 115 cm³/mol. The summed E-state index contributed by atoms with van der Waals surface area (Å²) in [4.78, 5) is 23.4. The summed E-state index contributed by atoms with van der Waals surface area (Å²) in [5, 5.41) is 7.57. The van der Waals surface area contributed by atoms with Gasteiger partial charge in [-0.25, -0.2) is 18.3 Å². The fourth-order valence-electron chi connectivity index (χ4n) is 3.70. The van der Waals surface area contributed by atoms with Gasteiger partial charge >= 0.3 is 5.97 Å². The molecule has 168 valence electrons. The van der Waals surface area contributed by atoms with Crippen LogP contribution in [-0.4, -0.2) is 68.9 Å². The first-order valence-corrected chi connectivity index (χ1v) is 11.7. The molecule has 31 heavy (non-hydrogen) atoms. The highest BCUT2D eigenvalue weighted by molar-refractivity contribution is 7.99. The smallest absolute Gasteiger partial charge is 0.358 e. The normalized spacial score (nSPS) is 19.3. The molecule has 2 fully saturated rings. The lowest BCUT2D eigenvalue weighted by Gasteiger charge is -2.30. The molecule has 1 aliphatic carbocycles. The Balaban J connectivity index is 1.60. The van der Waals surface area contributed by atoms with Gasteiger partial charge in [-0.3, -0.25) is 0 Å². The molecular formula is C20H26F2N6O2S. The van der Waals surface area contributed by atoms with Crippen LogP contribution in [0.25, 0.3) is 5.95 Å². The number of nitrogens with one attached hydrogen (secondary N) is 1. The van der Waals surface area contributed by atoms with Crippen molar-refractivity contribution >= 4 is 29.4 Å². The summed E-state index contributed by atoms with van der Waals surface area (Å²) < 4.78 is 33.5. The second-order valence-corrected chi connectivity index (χ2v) is 8.88. The number of alkyl halides is 2. The first kappa shape index (κ1) is 21.8. The lowest BCUT2D eigenvalue weighted by Crippen LogP contribution is -2.34. The molecule has 0 bridgehead atoms. The van der Waals surface area contributed by atoms with Crippen molar-refractivity contribution in [3.8, 4) is 5.95 Å². The largest absolute Gasteiger partial charge is 0.461 e. The molecule has 0 spiro atoms. The SMILES string of the molecule is CCOC(=O)c1ccn(-c2nc(NC3CCC(F)(F)CC3)cc(N3CCSCC3)n2)n1. The number of esters is 1. The number of nitrogens with zero attached hydrogens (tertiary/aromatic N) is 5. The van der Waals surface area contributed by atoms with E-state index in [2.05, 4.69) is 25.3 Å². The molecule has 0 amide bonds. The van der Waals surface area contributed by atoms with Gasteiger partial charge in [0.05, 0.1) is 6.61 Å². The first-order chi connectivity index (χ1) is 14.9. The molecule has 2 aromatic rings. The molecule has 11 heteroatoms. The number of anilines is 2. The van der Waals surface area contributed by atoms with Gasteiger partial charge in [-0.1, -0.05) is 0 Å². The highest BCUT2D eigenvalue weighted by Gasteiger charge is 2.35. The average molecular weight is 453 g/mol. The molecule has 0 radical (unpaired) electrons. The van der Waals surface area contributed by atoms with Crippen molar-refractivity contribution in [3.63, 3.8) is 0 Å². The number of hydrogen-bond donors (Lipinski definition) is 1. The van der Waals surface area contributed by atoms with Gasteiger partial charge in [0.25, 0.3) is 5.95 Å². The molecule has 8 nitrogen and oxygen atoms in total. The lowest BCUT2D eigenvalue weighted by atomic mass is 9.92. The van der Waals surface area contributed by atoms with E-state index in [0.717, 1.165) is 30.4 Å². The zero-order chi connectivity index (χ0) is 21.8. The van der Waals surface area contributed by atoms with Crippen molar-refractivity contribution in [3.05, 3.63) is 24.0 Å². The maximum atomic E-state index is 13.5. The van der Waals surface area contributed by atoms with Crippen molar-refractivity contribution in [1.82, 2.24) is 19.7 Å². The van der Waals surface area contributed by atoms with Crippen LogP contribution in [0.2, 0.25) is 0 Å². The summed E-state index contributed by atoms with van der Waals surface area (Å²) in [6, 6.07) is 3.35. The van der Waals surface area contributed by atoms with Gasteiger partial charge in [-0.05, 0) is 25.8 Å². The maximum absolute atomic E-state index is 13.5. The summed E-state index contributed by atoms with van der Waals surface area (Å²) in [6.07, 6.45) is 2.14. The highest BCUT2D eigenvalue weighted by atomic mass is 32.2. The van der Waals surface area contributed by atoms with Crippen LogP contribution in [0.5, 0.6) is 0 Å². The third kappa shape index (κ3) is 5.44. The number of carbonyl (C=O) groups is 1. The fourth-order valence-corrected chi connectivity index (χ4v) is 4.60. The minimum absolute atomic E-state index is 0.0696. The second kappa shape index (κ2) is 9.37. The second-order valence-electron chi connectivity index (χ2n) is 7.65. The zero-order valence-corrected chi connectivity index (χ0v) is 18.2. The molecular weight excluding hydrogens is 426 g/mol. The van der Waals surface area contributed by atoms with Crippen molar-refractivity contribution in [2.75, 3.05) is 41.4 Å². The van der Waals surface area contributed by atoms with Gasteiger partial charge in [0, 0.05) is 55.7 Å². The summed E-state index contributed by atoms with van der Waals surface area (Å²) >= 11 is 1.90. The molecule has 2 aliphatic rings. The molecule has 1 N–H and O–H groups in total. The van der Waals surface area contributed by atoms with Gasteiger partial charge < -0.3 is 15.0 Å². The Morgan fingerprint density at radius 1 is 1.29 bits per heavy atom. The number of rotatable bonds is 6. The van der Waals surface area contributed by atoms with Crippen molar-refractivity contribution in [1.29, 1.82) is 0 Å². The van der Waals surface area contributed by atoms with Gasteiger partial charge in [0.1, 0.15) is 11.6 Å². The van der Waals surface area contributed by atoms with Crippen LogP contribution in [0.4, 0.5) is 20.4 Å². The third-order valence-corrected chi connectivity index (χ3v) is 6.33. The number of ether oxygens (including phenoxy) is 1. The standard InChI is InChI=1S/C20H26F2N6O2S/c1-2-30-18(29)15-5-8-28(26-15)19-24-16(23-14-3-6-20(21,22)7-4-14)13-17(25-19)27-9-11-31-12-10-27/h5,8,13-14H,2-4,6-7,9-12H2,1H3,(H,23,24,25). The Kier molecular flexibility index (Phi) is 6.59. The molecule has 4 rings (SSSR count). The summed E-state index contributed by atoms with van der Waals surface area (Å²) in [5.41, 5.74) is 0.175. The Morgan fingerprint density at radius 3 is 2.74 bits per heavy atom. The van der Waals surface area contributed by atoms with Crippen LogP contribution >= 0.6 is 11.8 Å². The van der Waals surface area contributed by atoms with Crippen molar-refractivity contribution < 1.29 is 18.3 Å². The summed E-state index contributed by atoms with van der Waals surface area (Å²) in [7, 11) is 0. The van der Waals surface area contributed by atoms with E-state index in [1.54, 1.807) is 19.2 Å². The fraction of sp³-hybridized carbons (Fsp3) is 0.600. The molecule has 1 saturated carbocycles. The predicted octanol–water partition coefficient (Wildman–Crippen LogP) is 3.38. The van der Waals surface area contributed by atoms with Crippen LogP contribution in [0.1, 0.15) is 43.1 Å². The van der Waals surface area contributed by atoms with Crippen LogP contribution in [0, 0.1) is 0 Å². The van der Waals surface area contributed by atoms with Crippen LogP contribution in [0.15, 0.2) is 18.3 Å². The van der Waals surface area contributed by atoms with Crippen LogP contribution in [-0.2, 0) is 4.74 Å². The summed E-state index contributed by atoms with van der Waals surface area (Å²) in [6.45, 7) is 3.73. The van der Waals surface area contributed by atoms with E-state index < -0.39 is 11.9 Å². The molecule has 3 heterocycles. The van der Waals surface area contributed by atoms with Gasteiger partial charge in [-0.15, -0.1) is 0 Å². The molecule has 0 unspecified atom stereocenters. The Morgan fingerprint density at radius 2 is 2.03 bits per heavy atom. The lowest BCUT2D eigenvalue weighted by molar-refractivity contribution is -0.0361. The van der Waals surface area contributed by atoms with E-state index in [4.69, 9.17) is 4.74 Å². The van der Waals surface area contributed by atoms with Gasteiger partial charge in [-0.2, -0.15) is 26.8 Å². The van der Waals surface area contributed by atoms with Gasteiger partial charge in [0.15, 0.2) is 5.69 Å². The quantitative estimate of drug-likeness (QED) is 0.668. The molecule has 1 aliphatic heterocycles. The molecule has 0 aromatic carbocycles. The highest BCUT2D eigenvalue weighted by Crippen LogP contribution is 2.34. The van der Waals surface area contributed by atoms with E-state index >= 15 is 0 Å². The van der Waals surface area contributed by atoms with Crippen LogP contribution in [0.3, 0.4) is 0 Å². The number of halogens is 2. The topological polar surface area (TPSA) is 85.2 Å². The van der Waals surface area contributed by atoms with E-state index in [9.17, 15) is 13.6 Å².